The Morgan fingerprint density at radius 3 is 2.38 bits per heavy atom. The van der Waals surface area contributed by atoms with Crippen LogP contribution < -0.4 is 0 Å². The Hall–Kier alpha value is -1.58. The van der Waals surface area contributed by atoms with Gasteiger partial charge < -0.3 is 9.47 Å². The van der Waals surface area contributed by atoms with Crippen LogP contribution in [0.5, 0.6) is 0 Å². The van der Waals surface area contributed by atoms with Gasteiger partial charge in [0.2, 0.25) is 0 Å². The summed E-state index contributed by atoms with van der Waals surface area (Å²) in [5.74, 6) is 0.835. The summed E-state index contributed by atoms with van der Waals surface area (Å²) < 4.78 is 10.9. The SMILES string of the molecule is C=CC(=O)OC(OC(=O)C=C)C12CCCC3CC(CC31)C2. The van der Waals surface area contributed by atoms with Gasteiger partial charge in [-0.05, 0) is 43.4 Å². The molecule has 0 spiro atoms. The Morgan fingerprint density at radius 2 is 1.81 bits per heavy atom. The molecule has 4 unspecified atom stereocenters. The molecular weight excluding hydrogens is 268 g/mol. The molecule has 4 atom stereocenters. The summed E-state index contributed by atoms with van der Waals surface area (Å²) in [5, 5.41) is 0. The van der Waals surface area contributed by atoms with Crippen LogP contribution in [0.15, 0.2) is 25.3 Å². The molecule has 3 fully saturated rings. The summed E-state index contributed by atoms with van der Waals surface area (Å²) in [7, 11) is 0. The highest BCUT2D eigenvalue weighted by molar-refractivity contribution is 5.83. The maximum Gasteiger partial charge on any atom is 0.333 e. The first-order valence-corrected chi connectivity index (χ1v) is 7.75. The number of fused-ring (bicyclic) bond motifs is 1. The Kier molecular flexibility index (Phi) is 3.64. The van der Waals surface area contributed by atoms with Gasteiger partial charge >= 0.3 is 11.9 Å². The smallest absolute Gasteiger partial charge is 0.333 e. The van der Waals surface area contributed by atoms with Gasteiger partial charge in [0.05, 0.1) is 0 Å². The third-order valence-corrected chi connectivity index (χ3v) is 5.67. The second-order valence-corrected chi connectivity index (χ2v) is 6.65. The lowest BCUT2D eigenvalue weighted by atomic mass is 9.60. The molecule has 0 aromatic rings. The molecule has 0 aromatic carbocycles. The number of ether oxygens (including phenoxy) is 2. The van der Waals surface area contributed by atoms with E-state index in [1.54, 1.807) is 0 Å². The van der Waals surface area contributed by atoms with Crippen molar-refractivity contribution in [2.24, 2.45) is 23.2 Å². The zero-order chi connectivity index (χ0) is 15.0. The van der Waals surface area contributed by atoms with Gasteiger partial charge in [0.1, 0.15) is 0 Å². The Morgan fingerprint density at radius 1 is 1.14 bits per heavy atom. The summed E-state index contributed by atoms with van der Waals surface area (Å²) in [6.45, 7) is 6.86. The predicted molar refractivity (Wildman–Crippen MR) is 77.0 cm³/mol. The van der Waals surface area contributed by atoms with Crippen molar-refractivity contribution in [3.8, 4) is 0 Å². The van der Waals surface area contributed by atoms with E-state index in [4.69, 9.17) is 9.47 Å². The average Bonchev–Trinajstić information content (AvgIpc) is 3.05. The third kappa shape index (κ3) is 2.30. The van der Waals surface area contributed by atoms with Crippen LogP contribution >= 0.6 is 0 Å². The lowest BCUT2D eigenvalue weighted by Crippen LogP contribution is -2.49. The molecule has 0 aliphatic heterocycles. The monoisotopic (exact) mass is 290 g/mol. The van der Waals surface area contributed by atoms with Gasteiger partial charge in [-0.25, -0.2) is 9.59 Å². The minimum Gasteiger partial charge on any atom is -0.421 e. The average molecular weight is 290 g/mol. The molecule has 21 heavy (non-hydrogen) atoms. The number of carbonyl (C=O) groups is 2. The minimum absolute atomic E-state index is 0.191. The summed E-state index contributed by atoms with van der Waals surface area (Å²) >= 11 is 0. The van der Waals surface area contributed by atoms with Crippen LogP contribution in [0, 0.1) is 23.2 Å². The quantitative estimate of drug-likeness (QED) is 0.444. The zero-order valence-electron chi connectivity index (χ0n) is 12.3. The first-order valence-electron chi connectivity index (χ1n) is 7.75. The molecule has 3 aliphatic carbocycles. The van der Waals surface area contributed by atoms with Gasteiger partial charge in [-0.2, -0.15) is 0 Å². The molecule has 2 bridgehead atoms. The maximum absolute atomic E-state index is 11.7. The highest BCUT2D eigenvalue weighted by atomic mass is 16.7. The van der Waals surface area contributed by atoms with E-state index in [2.05, 4.69) is 13.2 Å². The summed E-state index contributed by atoms with van der Waals surface area (Å²) in [6, 6.07) is 0. The molecular formula is C17H22O4. The Labute approximate surface area is 125 Å². The van der Waals surface area contributed by atoms with Crippen molar-refractivity contribution < 1.29 is 19.1 Å². The number of hydrogen-bond donors (Lipinski definition) is 0. The fourth-order valence-corrected chi connectivity index (χ4v) is 5.05. The van der Waals surface area contributed by atoms with Crippen molar-refractivity contribution in [2.75, 3.05) is 0 Å². The van der Waals surface area contributed by atoms with Crippen molar-refractivity contribution in [1.82, 2.24) is 0 Å². The number of rotatable bonds is 5. The number of hydrogen-bond acceptors (Lipinski definition) is 4. The van der Waals surface area contributed by atoms with E-state index < -0.39 is 18.2 Å². The zero-order valence-corrected chi connectivity index (χ0v) is 12.3. The highest BCUT2D eigenvalue weighted by Crippen LogP contribution is 2.66. The van der Waals surface area contributed by atoms with Gasteiger partial charge in [0.25, 0.3) is 6.29 Å². The maximum atomic E-state index is 11.7. The molecule has 114 valence electrons. The molecule has 0 N–H and O–H groups in total. The van der Waals surface area contributed by atoms with Crippen molar-refractivity contribution in [3.05, 3.63) is 25.3 Å². The van der Waals surface area contributed by atoms with Gasteiger partial charge in [0.15, 0.2) is 0 Å². The van der Waals surface area contributed by atoms with E-state index in [1.807, 2.05) is 0 Å². The van der Waals surface area contributed by atoms with E-state index in [9.17, 15) is 9.59 Å². The standard InChI is InChI=1S/C17H22O4/c1-3-14(18)20-16(21-15(19)4-2)17-7-5-6-12-8-11(10-17)9-13(12)17/h3-4,11-13,16H,1-2,5-10H2. The largest absolute Gasteiger partial charge is 0.421 e. The van der Waals surface area contributed by atoms with Crippen LogP contribution in [0.25, 0.3) is 0 Å². The molecule has 0 radical (unpaired) electrons. The Bertz CT molecular complexity index is 461. The second kappa shape index (κ2) is 5.32. The second-order valence-electron chi connectivity index (χ2n) is 6.65. The van der Waals surface area contributed by atoms with Gasteiger partial charge in [-0.1, -0.05) is 26.0 Å². The minimum atomic E-state index is -0.799. The third-order valence-electron chi connectivity index (χ3n) is 5.67. The van der Waals surface area contributed by atoms with Gasteiger partial charge in [0, 0.05) is 17.6 Å². The summed E-state index contributed by atoms with van der Waals surface area (Å²) in [5.41, 5.74) is -0.191. The van der Waals surface area contributed by atoms with Crippen LogP contribution in [0.2, 0.25) is 0 Å². The van der Waals surface area contributed by atoms with E-state index in [-0.39, 0.29) is 5.41 Å². The normalized spacial score (nSPS) is 36.3. The first kappa shape index (κ1) is 14.4. The number of carbonyl (C=O) groups excluding carboxylic acids is 2. The van der Waals surface area contributed by atoms with Crippen LogP contribution in [-0.4, -0.2) is 18.2 Å². The van der Waals surface area contributed by atoms with Gasteiger partial charge in [-0.15, -0.1) is 0 Å². The molecule has 3 rings (SSSR count). The molecule has 0 heterocycles. The summed E-state index contributed by atoms with van der Waals surface area (Å²) in [6.07, 6.45) is 8.23. The topological polar surface area (TPSA) is 52.6 Å². The van der Waals surface area contributed by atoms with Crippen molar-refractivity contribution in [3.63, 3.8) is 0 Å². The molecule has 0 saturated heterocycles. The molecule has 3 aliphatic rings. The van der Waals surface area contributed by atoms with Gasteiger partial charge in [-0.3, -0.25) is 0 Å². The van der Waals surface area contributed by atoms with E-state index >= 15 is 0 Å². The van der Waals surface area contributed by atoms with Crippen molar-refractivity contribution in [1.29, 1.82) is 0 Å². The van der Waals surface area contributed by atoms with Crippen LogP contribution in [-0.2, 0) is 19.1 Å². The lowest BCUT2D eigenvalue weighted by Gasteiger charge is -2.48. The molecule has 0 amide bonds. The summed E-state index contributed by atoms with van der Waals surface area (Å²) in [4.78, 5) is 23.3. The highest BCUT2D eigenvalue weighted by Gasteiger charge is 2.62. The first-order chi connectivity index (χ1) is 10.1. The van der Waals surface area contributed by atoms with Crippen molar-refractivity contribution in [2.45, 2.75) is 44.8 Å². The molecule has 0 aromatic heterocycles. The van der Waals surface area contributed by atoms with E-state index in [0.717, 1.165) is 31.4 Å². The van der Waals surface area contributed by atoms with Crippen LogP contribution in [0.1, 0.15) is 38.5 Å². The lowest BCUT2D eigenvalue weighted by molar-refractivity contribution is -0.224. The van der Waals surface area contributed by atoms with Crippen molar-refractivity contribution >= 4 is 11.9 Å². The van der Waals surface area contributed by atoms with E-state index in [0.29, 0.717) is 17.8 Å². The Balaban J connectivity index is 1.87. The fraction of sp³-hybridized carbons (Fsp3) is 0.647. The van der Waals surface area contributed by atoms with Crippen LogP contribution in [0.4, 0.5) is 0 Å². The van der Waals surface area contributed by atoms with Crippen LogP contribution in [0.3, 0.4) is 0 Å². The molecule has 4 nitrogen and oxygen atoms in total. The molecule has 3 saturated carbocycles. The van der Waals surface area contributed by atoms with E-state index in [1.165, 1.54) is 19.3 Å². The number of esters is 2. The molecule has 4 heteroatoms. The fourth-order valence-electron chi connectivity index (χ4n) is 5.05. The predicted octanol–water partition coefficient (Wildman–Crippen LogP) is 2.99.